The number of carboxylic acid groups (broad SMARTS) is 1. The predicted molar refractivity (Wildman–Crippen MR) is 76.4 cm³/mol. The second kappa shape index (κ2) is 6.39. The molecule has 2 atom stereocenters. The Morgan fingerprint density at radius 3 is 3.11 bits per heavy atom. The Bertz CT molecular complexity index is 427. The van der Waals surface area contributed by atoms with Gasteiger partial charge in [0.2, 0.25) is 0 Å². The highest BCUT2D eigenvalue weighted by molar-refractivity contribution is 7.99. The summed E-state index contributed by atoms with van der Waals surface area (Å²) >= 11 is 1.69. The molecule has 1 aromatic heterocycles. The van der Waals surface area contributed by atoms with Crippen LogP contribution >= 0.6 is 11.8 Å². The van der Waals surface area contributed by atoms with Gasteiger partial charge >= 0.3 is 5.97 Å². The summed E-state index contributed by atoms with van der Waals surface area (Å²) in [5.74, 6) is -0.718. The minimum atomic E-state index is -0.734. The molecule has 0 amide bonds. The maximum atomic E-state index is 11.5. The van der Waals surface area contributed by atoms with Gasteiger partial charge in [0.1, 0.15) is 5.54 Å². The second-order valence-electron chi connectivity index (χ2n) is 4.96. The number of aromatic nitrogens is 1. The molecule has 1 saturated carbocycles. The van der Waals surface area contributed by atoms with E-state index in [1.54, 1.807) is 18.0 Å². The fourth-order valence-corrected chi connectivity index (χ4v) is 3.71. The van der Waals surface area contributed by atoms with E-state index in [-0.39, 0.29) is 0 Å². The average molecular weight is 280 g/mol. The van der Waals surface area contributed by atoms with Crippen molar-refractivity contribution >= 4 is 17.7 Å². The van der Waals surface area contributed by atoms with Crippen LogP contribution in [-0.4, -0.2) is 33.4 Å². The Morgan fingerprint density at radius 1 is 1.63 bits per heavy atom. The van der Waals surface area contributed by atoms with Gasteiger partial charge in [-0.05, 0) is 44.4 Å². The molecule has 0 bridgehead atoms. The third-order valence-electron chi connectivity index (χ3n) is 3.52. The Morgan fingerprint density at radius 2 is 2.47 bits per heavy atom. The monoisotopic (exact) mass is 280 g/mol. The normalized spacial score (nSPS) is 26.5. The van der Waals surface area contributed by atoms with Gasteiger partial charge in [0.25, 0.3) is 0 Å². The van der Waals surface area contributed by atoms with E-state index in [0.717, 1.165) is 24.4 Å². The lowest BCUT2D eigenvalue weighted by Crippen LogP contribution is -2.50. The highest BCUT2D eigenvalue weighted by Crippen LogP contribution is 2.39. The van der Waals surface area contributed by atoms with Gasteiger partial charge in [0, 0.05) is 11.4 Å². The molecule has 1 aliphatic rings. The van der Waals surface area contributed by atoms with Crippen molar-refractivity contribution in [2.75, 3.05) is 6.54 Å². The summed E-state index contributed by atoms with van der Waals surface area (Å²) in [5, 5.41) is 14.0. The van der Waals surface area contributed by atoms with Crippen LogP contribution < -0.4 is 5.32 Å². The average Bonchev–Trinajstić information content (AvgIpc) is 2.82. The molecule has 19 heavy (non-hydrogen) atoms. The van der Waals surface area contributed by atoms with Crippen LogP contribution in [0.15, 0.2) is 29.4 Å². The van der Waals surface area contributed by atoms with Crippen LogP contribution in [0.25, 0.3) is 0 Å². The number of thioether (sulfide) groups is 1. The second-order valence-corrected chi connectivity index (χ2v) is 6.29. The van der Waals surface area contributed by atoms with Gasteiger partial charge in [0.15, 0.2) is 0 Å². The van der Waals surface area contributed by atoms with Gasteiger partial charge in [0.05, 0.1) is 5.03 Å². The minimum Gasteiger partial charge on any atom is -0.480 e. The quantitative estimate of drug-likeness (QED) is 0.838. The first-order chi connectivity index (χ1) is 9.16. The van der Waals surface area contributed by atoms with Gasteiger partial charge < -0.3 is 10.4 Å². The van der Waals surface area contributed by atoms with Crippen LogP contribution in [0.2, 0.25) is 0 Å². The lowest BCUT2D eigenvalue weighted by atomic mass is 9.98. The minimum absolute atomic E-state index is 0.329. The Labute approximate surface area is 118 Å². The molecule has 1 aliphatic carbocycles. The molecule has 1 heterocycles. The van der Waals surface area contributed by atoms with Crippen LogP contribution in [0, 0.1) is 0 Å². The van der Waals surface area contributed by atoms with E-state index < -0.39 is 11.5 Å². The van der Waals surface area contributed by atoms with Crippen LogP contribution in [0.3, 0.4) is 0 Å². The predicted octanol–water partition coefficient (Wildman–Crippen LogP) is 2.55. The van der Waals surface area contributed by atoms with E-state index in [4.69, 9.17) is 0 Å². The van der Waals surface area contributed by atoms with E-state index in [1.807, 2.05) is 18.2 Å². The highest BCUT2D eigenvalue weighted by atomic mass is 32.2. The molecular weight excluding hydrogens is 260 g/mol. The van der Waals surface area contributed by atoms with E-state index in [1.165, 1.54) is 0 Å². The van der Waals surface area contributed by atoms with E-state index in [9.17, 15) is 9.90 Å². The van der Waals surface area contributed by atoms with Gasteiger partial charge in [-0.15, -0.1) is 11.8 Å². The molecule has 2 unspecified atom stereocenters. The van der Waals surface area contributed by atoms with E-state index in [0.29, 0.717) is 18.1 Å². The van der Waals surface area contributed by atoms with Crippen molar-refractivity contribution in [3.8, 4) is 0 Å². The molecule has 2 rings (SSSR count). The zero-order valence-electron chi connectivity index (χ0n) is 11.1. The number of hydrogen-bond acceptors (Lipinski definition) is 4. The summed E-state index contributed by atoms with van der Waals surface area (Å²) in [4.78, 5) is 15.8. The number of rotatable bonds is 6. The van der Waals surface area contributed by atoms with Gasteiger partial charge in [-0.2, -0.15) is 0 Å². The van der Waals surface area contributed by atoms with Crippen molar-refractivity contribution in [3.05, 3.63) is 24.4 Å². The molecule has 0 radical (unpaired) electrons. The van der Waals surface area contributed by atoms with Crippen LogP contribution in [0.1, 0.15) is 32.6 Å². The molecule has 0 aliphatic heterocycles. The summed E-state index contributed by atoms with van der Waals surface area (Å²) in [7, 11) is 0. The molecule has 0 aromatic carbocycles. The Balaban J connectivity index is 1.98. The molecule has 104 valence electrons. The summed E-state index contributed by atoms with van der Waals surface area (Å²) < 4.78 is 0. The number of hydrogen-bond donors (Lipinski definition) is 2. The van der Waals surface area contributed by atoms with Crippen molar-refractivity contribution in [2.45, 2.75) is 48.4 Å². The molecule has 2 N–H and O–H groups in total. The summed E-state index contributed by atoms with van der Waals surface area (Å²) in [5.41, 5.74) is -0.734. The zero-order valence-corrected chi connectivity index (χ0v) is 11.9. The van der Waals surface area contributed by atoms with Crippen molar-refractivity contribution in [1.82, 2.24) is 10.3 Å². The van der Waals surface area contributed by atoms with Crippen LogP contribution in [-0.2, 0) is 4.79 Å². The third kappa shape index (κ3) is 3.48. The molecule has 1 fully saturated rings. The first kappa shape index (κ1) is 14.3. The third-order valence-corrected chi connectivity index (χ3v) is 4.74. The van der Waals surface area contributed by atoms with E-state index >= 15 is 0 Å². The number of carbonyl (C=O) groups is 1. The molecule has 4 nitrogen and oxygen atoms in total. The van der Waals surface area contributed by atoms with Gasteiger partial charge in [-0.1, -0.05) is 13.0 Å². The number of aliphatic carboxylic acids is 1. The Hall–Kier alpha value is -1.07. The van der Waals surface area contributed by atoms with Crippen molar-refractivity contribution in [1.29, 1.82) is 0 Å². The fraction of sp³-hybridized carbons (Fsp3) is 0.571. The number of nitrogens with zero attached hydrogens (tertiary/aromatic N) is 1. The molecule has 1 aromatic rings. The topological polar surface area (TPSA) is 62.2 Å². The van der Waals surface area contributed by atoms with Gasteiger partial charge in [-0.25, -0.2) is 4.98 Å². The highest BCUT2D eigenvalue weighted by Gasteiger charge is 2.45. The summed E-state index contributed by atoms with van der Waals surface area (Å²) in [6, 6.07) is 5.83. The number of nitrogens with one attached hydrogen (secondary N) is 1. The smallest absolute Gasteiger partial charge is 0.323 e. The number of pyridine rings is 1. The van der Waals surface area contributed by atoms with Crippen LogP contribution in [0.5, 0.6) is 0 Å². The fourth-order valence-electron chi connectivity index (χ4n) is 2.48. The van der Waals surface area contributed by atoms with Crippen LogP contribution in [0.4, 0.5) is 0 Å². The Kier molecular flexibility index (Phi) is 4.82. The molecule has 5 heteroatoms. The van der Waals surface area contributed by atoms with Crippen molar-refractivity contribution in [2.24, 2.45) is 0 Å². The lowest BCUT2D eigenvalue weighted by Gasteiger charge is -2.25. The lowest BCUT2D eigenvalue weighted by molar-refractivity contribution is -0.144. The van der Waals surface area contributed by atoms with Crippen molar-refractivity contribution < 1.29 is 9.90 Å². The van der Waals surface area contributed by atoms with E-state index in [2.05, 4.69) is 17.2 Å². The maximum absolute atomic E-state index is 11.5. The first-order valence-electron chi connectivity index (χ1n) is 6.72. The largest absolute Gasteiger partial charge is 0.480 e. The molecule has 0 spiro atoms. The summed E-state index contributed by atoms with van der Waals surface area (Å²) in [6.45, 7) is 2.81. The standard InChI is InChI=1S/C14H20N2O2S/c1-2-8-16-14(13(17)18)7-6-11(10-14)19-12-5-3-4-9-15-12/h3-5,9,11,16H,2,6-8,10H2,1H3,(H,17,18). The first-order valence-corrected chi connectivity index (χ1v) is 7.60. The van der Waals surface area contributed by atoms with Crippen molar-refractivity contribution in [3.63, 3.8) is 0 Å². The number of carboxylic acids is 1. The molecule has 0 saturated heterocycles. The molecular formula is C14H20N2O2S. The summed E-state index contributed by atoms with van der Waals surface area (Å²) in [6.07, 6.45) is 5.02. The maximum Gasteiger partial charge on any atom is 0.323 e. The zero-order chi connectivity index (χ0) is 13.7. The SMILES string of the molecule is CCCNC1(C(=O)O)CCC(Sc2ccccn2)C1. The van der Waals surface area contributed by atoms with Gasteiger partial charge in [-0.3, -0.25) is 4.79 Å².